The van der Waals surface area contributed by atoms with Crippen LogP contribution in [0.2, 0.25) is 0 Å². The second-order valence-electron chi connectivity index (χ2n) is 3.16. The van der Waals surface area contributed by atoms with Crippen molar-refractivity contribution in [3.63, 3.8) is 0 Å². The Kier molecular flexibility index (Phi) is 4.83. The van der Waals surface area contributed by atoms with E-state index in [1.165, 1.54) is 0 Å². The molecule has 1 aromatic carbocycles. The predicted octanol–water partition coefficient (Wildman–Crippen LogP) is 2.87. The minimum Gasteiger partial charge on any atom is -0.392 e. The van der Waals surface area contributed by atoms with Crippen molar-refractivity contribution < 1.29 is 9.90 Å². The average molecular weight is 289 g/mol. The Labute approximate surface area is 102 Å². The van der Waals surface area contributed by atoms with Gasteiger partial charge in [0.2, 0.25) is 0 Å². The van der Waals surface area contributed by atoms with Gasteiger partial charge in [-0.2, -0.15) is 0 Å². The zero-order chi connectivity index (χ0) is 11.4. The summed E-state index contributed by atoms with van der Waals surface area (Å²) in [4.78, 5) is 12.6. The number of alkyl halides is 1. The van der Waals surface area contributed by atoms with E-state index in [1.807, 2.05) is 18.4 Å². The number of hydrogen-bond acceptors (Lipinski definition) is 3. The van der Waals surface area contributed by atoms with Crippen LogP contribution in [0.25, 0.3) is 0 Å². The van der Waals surface area contributed by atoms with Crippen LogP contribution < -0.4 is 0 Å². The van der Waals surface area contributed by atoms with Gasteiger partial charge in [-0.15, -0.1) is 11.8 Å². The standard InChI is InChI=1S/C11H13BrO2S/c1-7(12)11(14)10-4-3-9(15-2)5-8(10)6-13/h3-5,7,13H,6H2,1-2H3. The van der Waals surface area contributed by atoms with Crippen LogP contribution in [0.5, 0.6) is 0 Å². The molecule has 0 amide bonds. The maximum Gasteiger partial charge on any atom is 0.176 e. The molecule has 0 bridgehead atoms. The van der Waals surface area contributed by atoms with Crippen molar-refractivity contribution in [1.29, 1.82) is 0 Å². The van der Waals surface area contributed by atoms with E-state index in [4.69, 9.17) is 0 Å². The van der Waals surface area contributed by atoms with E-state index >= 15 is 0 Å². The highest BCUT2D eigenvalue weighted by atomic mass is 79.9. The topological polar surface area (TPSA) is 37.3 Å². The Morgan fingerprint density at radius 2 is 2.27 bits per heavy atom. The Morgan fingerprint density at radius 3 is 2.73 bits per heavy atom. The summed E-state index contributed by atoms with van der Waals surface area (Å²) >= 11 is 4.83. The van der Waals surface area contributed by atoms with Crippen LogP contribution in [0.15, 0.2) is 23.1 Å². The quantitative estimate of drug-likeness (QED) is 0.526. The first-order valence-electron chi connectivity index (χ1n) is 4.56. The number of thioether (sulfide) groups is 1. The van der Waals surface area contributed by atoms with Gasteiger partial charge in [0.25, 0.3) is 0 Å². The molecule has 4 heteroatoms. The molecule has 82 valence electrons. The Balaban J connectivity index is 3.13. The number of carbonyl (C=O) groups excluding carboxylic acids is 1. The van der Waals surface area contributed by atoms with Crippen molar-refractivity contribution in [3.05, 3.63) is 29.3 Å². The van der Waals surface area contributed by atoms with Crippen LogP contribution in [0.1, 0.15) is 22.8 Å². The van der Waals surface area contributed by atoms with Gasteiger partial charge in [0.1, 0.15) is 0 Å². The molecule has 15 heavy (non-hydrogen) atoms. The van der Waals surface area contributed by atoms with Crippen LogP contribution in [-0.2, 0) is 6.61 Å². The summed E-state index contributed by atoms with van der Waals surface area (Å²) in [6.07, 6.45) is 1.96. The molecule has 0 aromatic heterocycles. The number of rotatable bonds is 4. The molecule has 0 aliphatic carbocycles. The molecular weight excluding hydrogens is 276 g/mol. The number of benzene rings is 1. The molecule has 0 spiro atoms. The molecule has 1 rings (SSSR count). The zero-order valence-electron chi connectivity index (χ0n) is 8.66. The van der Waals surface area contributed by atoms with Crippen molar-refractivity contribution in [3.8, 4) is 0 Å². The van der Waals surface area contributed by atoms with E-state index in [2.05, 4.69) is 15.9 Å². The fraction of sp³-hybridized carbons (Fsp3) is 0.364. The van der Waals surface area contributed by atoms with E-state index < -0.39 is 0 Å². The maximum atomic E-state index is 11.8. The number of aliphatic hydroxyl groups is 1. The molecule has 0 aliphatic heterocycles. The van der Waals surface area contributed by atoms with Gasteiger partial charge >= 0.3 is 0 Å². The number of aliphatic hydroxyl groups excluding tert-OH is 1. The lowest BCUT2D eigenvalue weighted by Crippen LogP contribution is -2.12. The third kappa shape index (κ3) is 3.06. The summed E-state index contributed by atoms with van der Waals surface area (Å²) < 4.78 is 0. The lowest BCUT2D eigenvalue weighted by atomic mass is 10.0. The summed E-state index contributed by atoms with van der Waals surface area (Å²) in [6.45, 7) is 1.68. The van der Waals surface area contributed by atoms with Crippen LogP contribution in [-0.4, -0.2) is 22.0 Å². The van der Waals surface area contributed by atoms with Gasteiger partial charge in [0.15, 0.2) is 5.78 Å². The van der Waals surface area contributed by atoms with Gasteiger partial charge in [-0.05, 0) is 36.9 Å². The van der Waals surface area contributed by atoms with Crippen molar-refractivity contribution in [2.75, 3.05) is 6.26 Å². The van der Waals surface area contributed by atoms with Gasteiger partial charge < -0.3 is 5.11 Å². The van der Waals surface area contributed by atoms with Gasteiger partial charge in [-0.3, -0.25) is 4.79 Å². The van der Waals surface area contributed by atoms with Crippen LogP contribution in [0, 0.1) is 0 Å². The highest BCUT2D eigenvalue weighted by molar-refractivity contribution is 9.10. The van der Waals surface area contributed by atoms with Gasteiger partial charge in [0.05, 0.1) is 11.4 Å². The second-order valence-corrected chi connectivity index (χ2v) is 5.41. The highest BCUT2D eigenvalue weighted by Gasteiger charge is 2.15. The molecule has 1 aromatic rings. The highest BCUT2D eigenvalue weighted by Crippen LogP contribution is 2.21. The summed E-state index contributed by atoms with van der Waals surface area (Å²) in [5.74, 6) is 0.00621. The third-order valence-corrected chi connectivity index (χ3v) is 3.25. The number of ketones is 1. The van der Waals surface area contributed by atoms with E-state index in [9.17, 15) is 9.90 Å². The lowest BCUT2D eigenvalue weighted by Gasteiger charge is -2.09. The number of hydrogen-bond donors (Lipinski definition) is 1. The molecule has 1 N–H and O–H groups in total. The van der Waals surface area contributed by atoms with Crippen LogP contribution in [0.4, 0.5) is 0 Å². The predicted molar refractivity (Wildman–Crippen MR) is 66.9 cm³/mol. The average Bonchev–Trinajstić information content (AvgIpc) is 2.27. The molecule has 1 unspecified atom stereocenters. The molecule has 0 aliphatic rings. The van der Waals surface area contributed by atoms with Crippen molar-refractivity contribution in [2.45, 2.75) is 23.3 Å². The van der Waals surface area contributed by atoms with Crippen LogP contribution in [0.3, 0.4) is 0 Å². The monoisotopic (exact) mass is 288 g/mol. The van der Waals surface area contributed by atoms with Gasteiger partial charge in [0, 0.05) is 10.5 Å². The summed E-state index contributed by atoms with van der Waals surface area (Å²) in [5.41, 5.74) is 1.29. The van der Waals surface area contributed by atoms with Crippen molar-refractivity contribution in [1.82, 2.24) is 0 Å². The number of Topliss-reactive ketones (excluding diaryl/α,β-unsaturated/α-hetero) is 1. The Hall–Kier alpha value is -0.320. The van der Waals surface area contributed by atoms with E-state index in [1.54, 1.807) is 24.8 Å². The second kappa shape index (κ2) is 5.68. The molecule has 0 heterocycles. The normalized spacial score (nSPS) is 12.5. The minimum absolute atomic E-state index is 0.00621. The van der Waals surface area contributed by atoms with E-state index in [-0.39, 0.29) is 17.2 Å². The fourth-order valence-corrected chi connectivity index (χ4v) is 1.99. The first kappa shape index (κ1) is 12.7. The molecule has 0 saturated heterocycles. The van der Waals surface area contributed by atoms with E-state index in [0.717, 1.165) is 4.90 Å². The largest absolute Gasteiger partial charge is 0.392 e. The summed E-state index contributed by atoms with van der Waals surface area (Å²) in [6, 6.07) is 5.52. The van der Waals surface area contributed by atoms with Crippen LogP contribution >= 0.6 is 27.7 Å². The maximum absolute atomic E-state index is 11.8. The summed E-state index contributed by atoms with van der Waals surface area (Å²) in [7, 11) is 0. The number of halogens is 1. The fourth-order valence-electron chi connectivity index (χ4n) is 1.28. The Morgan fingerprint density at radius 1 is 1.60 bits per heavy atom. The number of carbonyl (C=O) groups is 1. The molecule has 0 saturated carbocycles. The zero-order valence-corrected chi connectivity index (χ0v) is 11.1. The van der Waals surface area contributed by atoms with E-state index in [0.29, 0.717) is 11.1 Å². The van der Waals surface area contributed by atoms with Gasteiger partial charge in [-0.1, -0.05) is 15.9 Å². The molecule has 2 nitrogen and oxygen atoms in total. The SMILES string of the molecule is CSc1ccc(C(=O)C(C)Br)c(CO)c1. The molecule has 1 atom stereocenters. The third-order valence-electron chi connectivity index (χ3n) is 2.11. The molecule has 0 radical (unpaired) electrons. The Bertz CT molecular complexity index is 364. The van der Waals surface area contributed by atoms with Gasteiger partial charge in [-0.25, -0.2) is 0 Å². The first-order valence-corrected chi connectivity index (χ1v) is 6.70. The van der Waals surface area contributed by atoms with Crippen molar-refractivity contribution >= 4 is 33.5 Å². The molecular formula is C11H13BrO2S. The lowest BCUT2D eigenvalue weighted by molar-refractivity contribution is 0.0993. The smallest absolute Gasteiger partial charge is 0.176 e. The molecule has 0 fully saturated rings. The van der Waals surface area contributed by atoms with Crippen molar-refractivity contribution in [2.24, 2.45) is 0 Å². The first-order chi connectivity index (χ1) is 7.10. The summed E-state index contributed by atoms with van der Waals surface area (Å²) in [5, 5.41) is 9.19. The minimum atomic E-state index is -0.220.